The summed E-state index contributed by atoms with van der Waals surface area (Å²) in [6.45, 7) is 0.658. The van der Waals surface area contributed by atoms with Gasteiger partial charge in [0.15, 0.2) is 0 Å². The molecule has 138 valence electrons. The molecule has 4 rings (SSSR count). The highest BCUT2D eigenvalue weighted by Gasteiger charge is 2.32. The molecule has 1 saturated heterocycles. The van der Waals surface area contributed by atoms with Gasteiger partial charge in [-0.25, -0.2) is 0 Å². The number of halogens is 2. The van der Waals surface area contributed by atoms with Gasteiger partial charge in [-0.15, -0.1) is 0 Å². The van der Waals surface area contributed by atoms with Crippen molar-refractivity contribution in [3.63, 3.8) is 0 Å². The number of amides is 1. The number of nitrogens with zero attached hydrogens (tertiary/aromatic N) is 3. The Morgan fingerprint density at radius 1 is 1.00 bits per heavy atom. The van der Waals surface area contributed by atoms with Crippen LogP contribution in [0.2, 0.25) is 10.0 Å². The van der Waals surface area contributed by atoms with E-state index in [1.165, 1.54) is 0 Å². The number of hydrogen-bond acceptors (Lipinski definition) is 4. The summed E-state index contributed by atoms with van der Waals surface area (Å²) in [4.78, 5) is 19.3. The average molecular weight is 402 g/mol. The number of piperidine rings is 1. The van der Waals surface area contributed by atoms with Crippen LogP contribution >= 0.6 is 23.2 Å². The lowest BCUT2D eigenvalue weighted by Crippen LogP contribution is -2.38. The third kappa shape index (κ3) is 3.84. The van der Waals surface area contributed by atoms with Gasteiger partial charge in [0, 0.05) is 27.7 Å². The summed E-state index contributed by atoms with van der Waals surface area (Å²) in [7, 11) is 0. The normalized spacial score (nSPS) is 17.1. The summed E-state index contributed by atoms with van der Waals surface area (Å²) in [5.74, 6) is 0.899. The molecule has 2 heterocycles. The second-order valence-corrected chi connectivity index (χ2v) is 7.35. The van der Waals surface area contributed by atoms with E-state index in [1.807, 2.05) is 17.0 Å². The van der Waals surface area contributed by atoms with Crippen molar-refractivity contribution in [2.45, 2.75) is 25.3 Å². The Labute approximate surface area is 166 Å². The summed E-state index contributed by atoms with van der Waals surface area (Å²) in [6, 6.07) is 13.9. The van der Waals surface area contributed by atoms with Gasteiger partial charge < -0.3 is 9.42 Å². The fourth-order valence-corrected chi connectivity index (χ4v) is 3.53. The number of likely N-dealkylation sites (tertiary alicyclic amines) is 1. The molecule has 0 radical (unpaired) electrons. The molecule has 27 heavy (non-hydrogen) atoms. The van der Waals surface area contributed by atoms with E-state index in [-0.39, 0.29) is 11.9 Å². The van der Waals surface area contributed by atoms with Crippen LogP contribution in [0.5, 0.6) is 0 Å². The molecule has 1 atom stereocenters. The highest BCUT2D eigenvalue weighted by atomic mass is 35.5. The van der Waals surface area contributed by atoms with Gasteiger partial charge in [0.05, 0.1) is 0 Å². The second kappa shape index (κ2) is 7.71. The van der Waals surface area contributed by atoms with Crippen LogP contribution in [-0.4, -0.2) is 27.5 Å². The maximum Gasteiger partial charge on any atom is 0.254 e. The molecule has 0 bridgehead atoms. The SMILES string of the molecule is O=C(c1ccc(Cl)cc1)N1CCCCC1c1nc(-c2ccc(Cl)cc2)no1. The van der Waals surface area contributed by atoms with Crippen molar-refractivity contribution in [3.05, 3.63) is 70.0 Å². The van der Waals surface area contributed by atoms with Crippen LogP contribution in [0.25, 0.3) is 11.4 Å². The van der Waals surface area contributed by atoms with Gasteiger partial charge in [0.2, 0.25) is 11.7 Å². The number of rotatable bonds is 3. The van der Waals surface area contributed by atoms with E-state index < -0.39 is 0 Å². The maximum absolute atomic E-state index is 13.0. The standard InChI is InChI=1S/C20H17Cl2N3O2/c21-15-8-4-13(5-9-15)18-23-19(27-24-18)17-3-1-2-12-25(17)20(26)14-6-10-16(22)11-7-14/h4-11,17H,1-3,12H2. The Morgan fingerprint density at radius 2 is 1.67 bits per heavy atom. The van der Waals surface area contributed by atoms with Crippen molar-refractivity contribution < 1.29 is 9.32 Å². The van der Waals surface area contributed by atoms with E-state index in [4.69, 9.17) is 27.7 Å². The first kappa shape index (κ1) is 18.0. The van der Waals surface area contributed by atoms with Gasteiger partial charge in [-0.3, -0.25) is 4.79 Å². The molecule has 0 saturated carbocycles. The Bertz CT molecular complexity index is 939. The van der Waals surface area contributed by atoms with Crippen LogP contribution in [0.15, 0.2) is 53.1 Å². The molecule has 7 heteroatoms. The molecule has 5 nitrogen and oxygen atoms in total. The minimum atomic E-state index is -0.226. The molecule has 1 aliphatic rings. The van der Waals surface area contributed by atoms with Gasteiger partial charge >= 0.3 is 0 Å². The monoisotopic (exact) mass is 401 g/mol. The van der Waals surface area contributed by atoms with Crippen LogP contribution in [-0.2, 0) is 0 Å². The fourth-order valence-electron chi connectivity index (χ4n) is 3.28. The van der Waals surface area contributed by atoms with Crippen molar-refractivity contribution in [1.29, 1.82) is 0 Å². The van der Waals surface area contributed by atoms with E-state index in [0.717, 1.165) is 24.8 Å². The molecule has 0 aliphatic carbocycles. The fraction of sp³-hybridized carbons (Fsp3) is 0.250. The summed E-state index contributed by atoms with van der Waals surface area (Å²) in [6.07, 6.45) is 2.75. The Hall–Kier alpha value is -2.37. The molecule has 1 aliphatic heterocycles. The lowest BCUT2D eigenvalue weighted by Gasteiger charge is -2.33. The smallest absolute Gasteiger partial charge is 0.254 e. The third-order valence-corrected chi connectivity index (χ3v) is 5.19. The van der Waals surface area contributed by atoms with E-state index in [9.17, 15) is 4.79 Å². The van der Waals surface area contributed by atoms with Crippen molar-refractivity contribution in [2.24, 2.45) is 0 Å². The Kier molecular flexibility index (Phi) is 5.14. The first-order chi connectivity index (χ1) is 13.1. The summed E-state index contributed by atoms with van der Waals surface area (Å²) in [5.41, 5.74) is 1.42. The van der Waals surface area contributed by atoms with Crippen molar-refractivity contribution in [1.82, 2.24) is 15.0 Å². The molecule has 2 aromatic carbocycles. The summed E-state index contributed by atoms with van der Waals surface area (Å²) in [5, 5.41) is 5.34. The molecule has 1 unspecified atom stereocenters. The van der Waals surface area contributed by atoms with E-state index in [2.05, 4.69) is 10.1 Å². The summed E-state index contributed by atoms with van der Waals surface area (Å²) < 4.78 is 5.52. The molecule has 1 fully saturated rings. The van der Waals surface area contributed by atoms with Crippen LogP contribution in [0.1, 0.15) is 41.6 Å². The predicted octanol–water partition coefficient (Wildman–Crippen LogP) is 5.41. The van der Waals surface area contributed by atoms with Crippen molar-refractivity contribution >= 4 is 29.1 Å². The first-order valence-electron chi connectivity index (χ1n) is 8.78. The highest BCUT2D eigenvalue weighted by molar-refractivity contribution is 6.30. The zero-order valence-corrected chi connectivity index (χ0v) is 16.0. The summed E-state index contributed by atoms with van der Waals surface area (Å²) >= 11 is 11.9. The number of benzene rings is 2. The number of aromatic nitrogens is 2. The molecule has 1 aromatic heterocycles. The minimum Gasteiger partial charge on any atom is -0.337 e. The minimum absolute atomic E-state index is 0.0531. The highest BCUT2D eigenvalue weighted by Crippen LogP contribution is 2.32. The van der Waals surface area contributed by atoms with E-state index >= 15 is 0 Å². The van der Waals surface area contributed by atoms with Crippen LogP contribution in [0, 0.1) is 0 Å². The van der Waals surface area contributed by atoms with Gasteiger partial charge in [0.25, 0.3) is 5.91 Å². The van der Waals surface area contributed by atoms with Crippen LogP contribution < -0.4 is 0 Å². The second-order valence-electron chi connectivity index (χ2n) is 6.48. The van der Waals surface area contributed by atoms with Crippen LogP contribution in [0.3, 0.4) is 0 Å². The van der Waals surface area contributed by atoms with E-state index in [1.54, 1.807) is 36.4 Å². The maximum atomic E-state index is 13.0. The lowest BCUT2D eigenvalue weighted by molar-refractivity contribution is 0.0561. The van der Waals surface area contributed by atoms with Crippen LogP contribution in [0.4, 0.5) is 0 Å². The average Bonchev–Trinajstić information content (AvgIpc) is 3.19. The van der Waals surface area contributed by atoms with E-state index in [0.29, 0.717) is 33.9 Å². The molecule has 0 N–H and O–H groups in total. The zero-order chi connectivity index (χ0) is 18.8. The molecular formula is C20H17Cl2N3O2. The molecule has 0 spiro atoms. The van der Waals surface area contributed by atoms with Gasteiger partial charge in [-0.1, -0.05) is 28.4 Å². The van der Waals surface area contributed by atoms with Crippen molar-refractivity contribution in [3.8, 4) is 11.4 Å². The van der Waals surface area contributed by atoms with Gasteiger partial charge in [-0.2, -0.15) is 4.98 Å². The third-order valence-electron chi connectivity index (χ3n) is 4.68. The number of carbonyl (C=O) groups is 1. The topological polar surface area (TPSA) is 59.2 Å². The van der Waals surface area contributed by atoms with Gasteiger partial charge in [-0.05, 0) is 67.8 Å². The van der Waals surface area contributed by atoms with Crippen molar-refractivity contribution in [2.75, 3.05) is 6.54 Å². The largest absolute Gasteiger partial charge is 0.337 e. The Balaban J connectivity index is 1.60. The quantitative estimate of drug-likeness (QED) is 0.588. The lowest BCUT2D eigenvalue weighted by atomic mass is 10.0. The molecule has 1 amide bonds. The first-order valence-corrected chi connectivity index (χ1v) is 9.53. The Morgan fingerprint density at radius 3 is 2.37 bits per heavy atom. The molecular weight excluding hydrogens is 385 g/mol. The predicted molar refractivity (Wildman–Crippen MR) is 104 cm³/mol. The number of carbonyl (C=O) groups excluding carboxylic acids is 1. The zero-order valence-electron chi connectivity index (χ0n) is 14.4. The number of hydrogen-bond donors (Lipinski definition) is 0. The van der Waals surface area contributed by atoms with Gasteiger partial charge in [0.1, 0.15) is 6.04 Å². The molecule has 3 aromatic rings.